The van der Waals surface area contributed by atoms with Gasteiger partial charge in [-0.25, -0.2) is 0 Å². The molecular weight excluding hydrogens is 266 g/mol. The van der Waals surface area contributed by atoms with Gasteiger partial charge in [-0.05, 0) is 31.9 Å². The van der Waals surface area contributed by atoms with E-state index in [2.05, 4.69) is 15.5 Å². The first-order valence-electron chi connectivity index (χ1n) is 6.07. The van der Waals surface area contributed by atoms with Gasteiger partial charge in [0.25, 0.3) is 11.1 Å². The van der Waals surface area contributed by atoms with Crippen LogP contribution in [0.3, 0.4) is 0 Å². The predicted molar refractivity (Wildman–Crippen MR) is 68.5 cm³/mol. The van der Waals surface area contributed by atoms with Crippen molar-refractivity contribution in [3.05, 3.63) is 18.4 Å². The zero-order valence-electron chi connectivity index (χ0n) is 10.3. The minimum atomic E-state index is -0.259. The van der Waals surface area contributed by atoms with Crippen molar-refractivity contribution in [2.45, 2.75) is 36.3 Å². The molecule has 1 saturated carbocycles. The van der Waals surface area contributed by atoms with Gasteiger partial charge in [0, 0.05) is 6.04 Å². The highest BCUT2D eigenvalue weighted by Gasteiger charge is 2.27. The van der Waals surface area contributed by atoms with Crippen LogP contribution in [0.1, 0.15) is 19.8 Å². The van der Waals surface area contributed by atoms with Crippen molar-refractivity contribution in [1.82, 2.24) is 15.5 Å². The van der Waals surface area contributed by atoms with E-state index >= 15 is 0 Å². The van der Waals surface area contributed by atoms with Crippen LogP contribution in [0, 0.1) is 0 Å². The van der Waals surface area contributed by atoms with E-state index in [1.165, 1.54) is 18.0 Å². The van der Waals surface area contributed by atoms with Crippen LogP contribution >= 0.6 is 11.8 Å². The number of rotatable bonds is 5. The Labute approximate surface area is 114 Å². The molecule has 1 aliphatic carbocycles. The summed E-state index contributed by atoms with van der Waals surface area (Å²) < 4.78 is 10.6. The molecule has 0 radical (unpaired) electrons. The van der Waals surface area contributed by atoms with Crippen molar-refractivity contribution in [1.29, 1.82) is 0 Å². The number of carbonyl (C=O) groups excluding carboxylic acids is 1. The third-order valence-corrected chi connectivity index (χ3v) is 3.64. The fraction of sp³-hybridized carbons (Fsp3) is 0.417. The van der Waals surface area contributed by atoms with Gasteiger partial charge in [-0.2, -0.15) is 0 Å². The van der Waals surface area contributed by atoms with Gasteiger partial charge in [-0.1, -0.05) is 11.8 Å². The molecule has 1 amide bonds. The molecule has 0 bridgehead atoms. The van der Waals surface area contributed by atoms with Gasteiger partial charge < -0.3 is 14.2 Å². The summed E-state index contributed by atoms with van der Waals surface area (Å²) in [6.45, 7) is 1.82. The number of thioether (sulfide) groups is 1. The summed E-state index contributed by atoms with van der Waals surface area (Å²) in [4.78, 5) is 11.8. The van der Waals surface area contributed by atoms with Crippen molar-refractivity contribution < 1.29 is 13.6 Å². The van der Waals surface area contributed by atoms with E-state index in [-0.39, 0.29) is 11.2 Å². The average Bonchev–Trinajstić information content (AvgIpc) is 2.90. The van der Waals surface area contributed by atoms with Crippen LogP contribution in [-0.4, -0.2) is 27.4 Å². The van der Waals surface area contributed by atoms with E-state index in [4.69, 9.17) is 8.83 Å². The maximum absolute atomic E-state index is 11.8. The van der Waals surface area contributed by atoms with Crippen LogP contribution in [0.4, 0.5) is 0 Å². The molecule has 1 N–H and O–H groups in total. The lowest BCUT2D eigenvalue weighted by Crippen LogP contribution is -2.32. The van der Waals surface area contributed by atoms with Crippen LogP contribution in [0.25, 0.3) is 11.7 Å². The number of nitrogens with one attached hydrogen (secondary N) is 1. The van der Waals surface area contributed by atoms with Gasteiger partial charge in [0.05, 0.1) is 11.5 Å². The summed E-state index contributed by atoms with van der Waals surface area (Å²) in [5.74, 6) is 0.849. The second-order valence-corrected chi connectivity index (χ2v) is 5.69. The number of hydrogen-bond donors (Lipinski definition) is 1. The van der Waals surface area contributed by atoms with Gasteiger partial charge in [-0.3, -0.25) is 4.79 Å². The molecule has 1 aliphatic rings. The number of carbonyl (C=O) groups is 1. The highest BCUT2D eigenvalue weighted by molar-refractivity contribution is 8.00. The molecule has 0 saturated heterocycles. The van der Waals surface area contributed by atoms with Crippen LogP contribution in [0.5, 0.6) is 0 Å². The molecule has 2 aromatic heterocycles. The molecule has 2 aromatic rings. The van der Waals surface area contributed by atoms with Gasteiger partial charge in [0.2, 0.25) is 5.91 Å². The number of amides is 1. The van der Waals surface area contributed by atoms with Crippen LogP contribution in [0.2, 0.25) is 0 Å². The first kappa shape index (κ1) is 12.3. The smallest absolute Gasteiger partial charge is 0.284 e. The van der Waals surface area contributed by atoms with Crippen molar-refractivity contribution in [2.24, 2.45) is 0 Å². The largest absolute Gasteiger partial charge is 0.459 e. The fourth-order valence-corrected chi connectivity index (χ4v) is 2.20. The maximum Gasteiger partial charge on any atom is 0.284 e. The van der Waals surface area contributed by atoms with Gasteiger partial charge in [0.15, 0.2) is 5.76 Å². The summed E-state index contributed by atoms with van der Waals surface area (Å²) in [5, 5.41) is 10.8. The number of aromatic nitrogens is 2. The molecule has 100 valence electrons. The number of nitrogens with zero attached hydrogens (tertiary/aromatic N) is 2. The van der Waals surface area contributed by atoms with Crippen LogP contribution in [0.15, 0.2) is 32.5 Å². The highest BCUT2D eigenvalue weighted by atomic mass is 32.2. The van der Waals surface area contributed by atoms with Gasteiger partial charge in [-0.15, -0.1) is 10.2 Å². The third-order valence-electron chi connectivity index (χ3n) is 2.71. The second-order valence-electron chi connectivity index (χ2n) is 4.39. The molecule has 1 atom stereocenters. The minimum absolute atomic E-state index is 0.00486. The van der Waals surface area contributed by atoms with Crippen molar-refractivity contribution in [3.63, 3.8) is 0 Å². The quantitative estimate of drug-likeness (QED) is 0.844. The fourth-order valence-electron chi connectivity index (χ4n) is 1.51. The molecule has 7 heteroatoms. The summed E-state index contributed by atoms with van der Waals surface area (Å²) >= 11 is 1.25. The van der Waals surface area contributed by atoms with Crippen molar-refractivity contribution in [2.75, 3.05) is 0 Å². The van der Waals surface area contributed by atoms with Gasteiger partial charge in [0.1, 0.15) is 0 Å². The monoisotopic (exact) mass is 279 g/mol. The standard InChI is InChI=1S/C12H13N3O3S/c1-7(10(16)13-8-4-5-8)19-12-15-14-11(18-12)9-3-2-6-17-9/h2-3,6-8H,4-5H2,1H3,(H,13,16)/t7-/m0/s1. The SMILES string of the molecule is C[C@H](Sc1nnc(-c2ccco2)o1)C(=O)NC1CC1. The Balaban J connectivity index is 1.61. The first-order chi connectivity index (χ1) is 9.22. The highest BCUT2D eigenvalue weighted by Crippen LogP contribution is 2.27. The Hall–Kier alpha value is -1.76. The molecule has 2 heterocycles. The Morgan fingerprint density at radius 1 is 1.53 bits per heavy atom. The first-order valence-corrected chi connectivity index (χ1v) is 6.95. The summed E-state index contributed by atoms with van der Waals surface area (Å²) in [6, 6.07) is 3.85. The Bertz CT molecular complexity index is 563. The topological polar surface area (TPSA) is 81.2 Å². The van der Waals surface area contributed by atoms with E-state index in [1.807, 2.05) is 6.92 Å². The Morgan fingerprint density at radius 3 is 3.05 bits per heavy atom. The summed E-state index contributed by atoms with van der Waals surface area (Å²) in [6.07, 6.45) is 3.69. The van der Waals surface area contributed by atoms with Crippen molar-refractivity contribution >= 4 is 17.7 Å². The van der Waals surface area contributed by atoms with Crippen LogP contribution < -0.4 is 5.32 Å². The lowest BCUT2D eigenvalue weighted by Gasteiger charge is -2.08. The molecule has 0 aliphatic heterocycles. The molecule has 1 fully saturated rings. The molecule has 19 heavy (non-hydrogen) atoms. The molecular formula is C12H13N3O3S. The molecule has 0 unspecified atom stereocenters. The molecule has 3 rings (SSSR count). The number of hydrogen-bond acceptors (Lipinski definition) is 6. The lowest BCUT2D eigenvalue weighted by molar-refractivity contribution is -0.120. The Morgan fingerprint density at radius 2 is 2.37 bits per heavy atom. The molecule has 0 spiro atoms. The van der Waals surface area contributed by atoms with Crippen molar-refractivity contribution in [3.8, 4) is 11.7 Å². The predicted octanol–water partition coefficient (Wildman–Crippen LogP) is 2.09. The number of furan rings is 1. The summed E-state index contributed by atoms with van der Waals surface area (Å²) in [5.41, 5.74) is 0. The van der Waals surface area contributed by atoms with E-state index in [0.29, 0.717) is 22.9 Å². The zero-order chi connectivity index (χ0) is 13.2. The lowest BCUT2D eigenvalue weighted by atomic mass is 10.4. The zero-order valence-corrected chi connectivity index (χ0v) is 11.1. The maximum atomic E-state index is 11.8. The average molecular weight is 279 g/mol. The van der Waals surface area contributed by atoms with E-state index in [1.54, 1.807) is 12.1 Å². The third kappa shape index (κ3) is 2.98. The van der Waals surface area contributed by atoms with Gasteiger partial charge >= 0.3 is 0 Å². The minimum Gasteiger partial charge on any atom is -0.459 e. The van der Waals surface area contributed by atoms with E-state index in [9.17, 15) is 4.79 Å². The molecule has 0 aromatic carbocycles. The Kier molecular flexibility index (Phi) is 3.29. The molecule has 6 nitrogen and oxygen atoms in total. The summed E-state index contributed by atoms with van der Waals surface area (Å²) in [7, 11) is 0. The van der Waals surface area contributed by atoms with E-state index < -0.39 is 0 Å². The van der Waals surface area contributed by atoms with Crippen LogP contribution in [-0.2, 0) is 4.79 Å². The van der Waals surface area contributed by atoms with E-state index in [0.717, 1.165) is 12.8 Å². The second kappa shape index (κ2) is 5.08. The normalized spacial score (nSPS) is 16.3.